The first-order valence-electron chi connectivity index (χ1n) is 6.55. The van der Waals surface area contributed by atoms with Crippen molar-refractivity contribution in [2.75, 3.05) is 11.5 Å². The van der Waals surface area contributed by atoms with Gasteiger partial charge in [0, 0.05) is 6.04 Å². The van der Waals surface area contributed by atoms with Crippen LogP contribution in [0.4, 0.5) is 4.79 Å². The number of hydrogen-bond donors (Lipinski definition) is 2. The summed E-state index contributed by atoms with van der Waals surface area (Å²) in [6.45, 7) is 1.73. The minimum Gasteiger partial charge on any atom is -0.465 e. The summed E-state index contributed by atoms with van der Waals surface area (Å²) in [4.78, 5) is 10.6. The standard InChI is InChI=1S/C14H18N2O4S/c1-2-13(16-14(17)18)10-21(19,20)8-7-11-3-5-12(9-15)6-4-11/h3-6,13,16H,2,7-8,10H2,1H3,(H,17,18)/t13-/m0/s1. The molecule has 114 valence electrons. The van der Waals surface area contributed by atoms with E-state index >= 15 is 0 Å². The zero-order chi connectivity index (χ0) is 15.9. The Balaban J connectivity index is 2.59. The van der Waals surface area contributed by atoms with Gasteiger partial charge in [-0.3, -0.25) is 0 Å². The van der Waals surface area contributed by atoms with Crippen LogP contribution in [0.15, 0.2) is 24.3 Å². The molecule has 1 rings (SSSR count). The van der Waals surface area contributed by atoms with Gasteiger partial charge in [0.2, 0.25) is 0 Å². The topological polar surface area (TPSA) is 107 Å². The van der Waals surface area contributed by atoms with Crippen molar-refractivity contribution >= 4 is 15.9 Å². The van der Waals surface area contributed by atoms with E-state index in [0.29, 0.717) is 18.4 Å². The molecule has 2 N–H and O–H groups in total. The van der Waals surface area contributed by atoms with Crippen LogP contribution in [0.3, 0.4) is 0 Å². The van der Waals surface area contributed by atoms with Gasteiger partial charge in [-0.25, -0.2) is 13.2 Å². The van der Waals surface area contributed by atoms with Crippen LogP contribution >= 0.6 is 0 Å². The maximum atomic E-state index is 12.0. The third-order valence-corrected chi connectivity index (χ3v) is 4.80. The van der Waals surface area contributed by atoms with Crippen LogP contribution in [-0.4, -0.2) is 37.2 Å². The summed E-state index contributed by atoms with van der Waals surface area (Å²) < 4.78 is 24.0. The molecule has 0 saturated carbocycles. The Labute approximate surface area is 124 Å². The van der Waals surface area contributed by atoms with E-state index in [4.69, 9.17) is 10.4 Å². The normalized spacial score (nSPS) is 12.4. The Morgan fingerprint density at radius 3 is 2.48 bits per heavy atom. The molecule has 0 spiro atoms. The third kappa shape index (κ3) is 6.27. The van der Waals surface area contributed by atoms with Gasteiger partial charge in [-0.1, -0.05) is 19.1 Å². The molecule has 0 aliphatic heterocycles. The monoisotopic (exact) mass is 310 g/mol. The van der Waals surface area contributed by atoms with Gasteiger partial charge in [0.05, 0.1) is 23.1 Å². The molecule has 1 aromatic rings. The second kappa shape index (κ2) is 7.64. The summed E-state index contributed by atoms with van der Waals surface area (Å²) in [6, 6.07) is 8.14. The number of aryl methyl sites for hydroxylation is 1. The summed E-state index contributed by atoms with van der Waals surface area (Å²) in [7, 11) is -3.34. The number of carboxylic acid groups (broad SMARTS) is 1. The van der Waals surface area contributed by atoms with Crippen LogP contribution in [0.1, 0.15) is 24.5 Å². The minimum atomic E-state index is -3.34. The summed E-state index contributed by atoms with van der Waals surface area (Å²) in [5.41, 5.74) is 1.36. The molecule has 0 bridgehead atoms. The largest absolute Gasteiger partial charge is 0.465 e. The molecule has 0 heterocycles. The maximum absolute atomic E-state index is 12.0. The van der Waals surface area contributed by atoms with Crippen molar-refractivity contribution in [3.63, 3.8) is 0 Å². The van der Waals surface area contributed by atoms with Crippen LogP contribution in [0, 0.1) is 11.3 Å². The number of amides is 1. The first-order chi connectivity index (χ1) is 9.86. The molecule has 0 unspecified atom stereocenters. The van der Waals surface area contributed by atoms with Crippen molar-refractivity contribution in [1.82, 2.24) is 5.32 Å². The number of carbonyl (C=O) groups is 1. The van der Waals surface area contributed by atoms with Gasteiger partial charge in [0.25, 0.3) is 0 Å². The average molecular weight is 310 g/mol. The number of rotatable bonds is 7. The summed E-state index contributed by atoms with van der Waals surface area (Å²) >= 11 is 0. The Hall–Kier alpha value is -2.07. The highest BCUT2D eigenvalue weighted by molar-refractivity contribution is 7.91. The molecule has 0 radical (unpaired) electrons. The highest BCUT2D eigenvalue weighted by Gasteiger charge is 2.19. The molecule has 0 fully saturated rings. The van der Waals surface area contributed by atoms with E-state index in [1.165, 1.54) is 0 Å². The molecule has 21 heavy (non-hydrogen) atoms. The van der Waals surface area contributed by atoms with Crippen LogP contribution in [0.25, 0.3) is 0 Å². The molecule has 0 aromatic heterocycles. The number of benzene rings is 1. The molecular formula is C14H18N2O4S. The summed E-state index contributed by atoms with van der Waals surface area (Å²) in [5, 5.41) is 19.5. The lowest BCUT2D eigenvalue weighted by Crippen LogP contribution is -2.39. The Morgan fingerprint density at radius 1 is 1.38 bits per heavy atom. The van der Waals surface area contributed by atoms with Crippen LogP contribution in [0.5, 0.6) is 0 Å². The van der Waals surface area contributed by atoms with E-state index < -0.39 is 22.0 Å². The molecule has 0 aliphatic rings. The van der Waals surface area contributed by atoms with Gasteiger partial charge in [-0.15, -0.1) is 0 Å². The highest BCUT2D eigenvalue weighted by atomic mass is 32.2. The van der Waals surface area contributed by atoms with Crippen molar-refractivity contribution in [1.29, 1.82) is 5.26 Å². The fourth-order valence-electron chi connectivity index (χ4n) is 1.85. The average Bonchev–Trinajstić information content (AvgIpc) is 2.44. The molecule has 1 amide bonds. The van der Waals surface area contributed by atoms with Crippen molar-refractivity contribution < 1.29 is 18.3 Å². The second-order valence-corrected chi connectivity index (χ2v) is 6.96. The van der Waals surface area contributed by atoms with Crippen molar-refractivity contribution in [2.45, 2.75) is 25.8 Å². The number of nitrogens with zero attached hydrogens (tertiary/aromatic N) is 1. The fraction of sp³-hybridized carbons (Fsp3) is 0.429. The predicted octanol–water partition coefficient (Wildman–Crippen LogP) is 1.56. The van der Waals surface area contributed by atoms with Crippen molar-refractivity contribution in [3.8, 4) is 6.07 Å². The molecule has 0 saturated heterocycles. The first-order valence-corrected chi connectivity index (χ1v) is 8.37. The SMILES string of the molecule is CC[C@@H](CS(=O)(=O)CCc1ccc(C#N)cc1)NC(=O)O. The van der Waals surface area contributed by atoms with E-state index in [9.17, 15) is 13.2 Å². The zero-order valence-electron chi connectivity index (χ0n) is 11.7. The Bertz CT molecular complexity index is 617. The molecule has 1 atom stereocenters. The van der Waals surface area contributed by atoms with Crippen molar-refractivity contribution in [3.05, 3.63) is 35.4 Å². The van der Waals surface area contributed by atoms with Gasteiger partial charge in [-0.05, 0) is 30.5 Å². The van der Waals surface area contributed by atoms with E-state index in [1.807, 2.05) is 6.07 Å². The predicted molar refractivity (Wildman–Crippen MR) is 78.8 cm³/mol. The second-order valence-electron chi connectivity index (χ2n) is 4.73. The number of nitrogens with one attached hydrogen (secondary N) is 1. The fourth-order valence-corrected chi connectivity index (χ4v) is 3.49. The molecular weight excluding hydrogens is 292 g/mol. The van der Waals surface area contributed by atoms with E-state index in [0.717, 1.165) is 5.56 Å². The lowest BCUT2D eigenvalue weighted by molar-refractivity contribution is 0.190. The van der Waals surface area contributed by atoms with Crippen LogP contribution in [0.2, 0.25) is 0 Å². The van der Waals surface area contributed by atoms with E-state index in [-0.39, 0.29) is 11.5 Å². The first kappa shape index (κ1) is 17.0. The van der Waals surface area contributed by atoms with Crippen LogP contribution in [-0.2, 0) is 16.3 Å². The molecule has 1 aromatic carbocycles. The van der Waals surface area contributed by atoms with Gasteiger partial charge < -0.3 is 10.4 Å². The zero-order valence-corrected chi connectivity index (χ0v) is 12.6. The maximum Gasteiger partial charge on any atom is 0.404 e. The lowest BCUT2D eigenvalue weighted by atomic mass is 10.1. The molecule has 7 heteroatoms. The number of nitriles is 1. The van der Waals surface area contributed by atoms with Gasteiger partial charge >= 0.3 is 6.09 Å². The van der Waals surface area contributed by atoms with Gasteiger partial charge in [-0.2, -0.15) is 5.26 Å². The van der Waals surface area contributed by atoms with Crippen LogP contribution < -0.4 is 5.32 Å². The van der Waals surface area contributed by atoms with E-state index in [1.54, 1.807) is 31.2 Å². The number of sulfone groups is 1. The quantitative estimate of drug-likeness (QED) is 0.794. The molecule has 6 nitrogen and oxygen atoms in total. The number of hydrogen-bond acceptors (Lipinski definition) is 4. The molecule has 0 aliphatic carbocycles. The summed E-state index contributed by atoms with van der Waals surface area (Å²) in [6.07, 6.45) is -0.455. The Kier molecular flexibility index (Phi) is 6.18. The highest BCUT2D eigenvalue weighted by Crippen LogP contribution is 2.07. The Morgan fingerprint density at radius 2 is 2.00 bits per heavy atom. The minimum absolute atomic E-state index is 0.0449. The lowest BCUT2D eigenvalue weighted by Gasteiger charge is -2.14. The van der Waals surface area contributed by atoms with Crippen molar-refractivity contribution in [2.24, 2.45) is 0 Å². The van der Waals surface area contributed by atoms with E-state index in [2.05, 4.69) is 5.32 Å². The third-order valence-electron chi connectivity index (χ3n) is 3.06. The smallest absolute Gasteiger partial charge is 0.404 e. The van der Waals surface area contributed by atoms with Gasteiger partial charge in [0.15, 0.2) is 9.84 Å². The summed E-state index contributed by atoms with van der Waals surface area (Å²) in [5.74, 6) is -0.247. The van der Waals surface area contributed by atoms with Gasteiger partial charge in [0.1, 0.15) is 0 Å².